The summed E-state index contributed by atoms with van der Waals surface area (Å²) in [6.45, 7) is 10.2. The first-order chi connectivity index (χ1) is 9.78. The molecule has 1 N–H and O–H groups in total. The summed E-state index contributed by atoms with van der Waals surface area (Å²) in [5.74, 6) is 0. The van der Waals surface area contributed by atoms with E-state index in [0.29, 0.717) is 12.1 Å². The lowest BCUT2D eigenvalue weighted by Gasteiger charge is -2.36. The maximum Gasteiger partial charge on any atom is 0.0593 e. The molecule has 1 rings (SSSR count). The number of ether oxygens (including phenoxy) is 1. The van der Waals surface area contributed by atoms with E-state index in [1.807, 2.05) is 6.92 Å². The predicted molar refractivity (Wildman–Crippen MR) is 86.1 cm³/mol. The van der Waals surface area contributed by atoms with Gasteiger partial charge in [0.05, 0.1) is 6.61 Å². The first-order valence-corrected chi connectivity index (χ1v) is 7.82. The molecule has 2 atom stereocenters. The molecule has 0 aliphatic heterocycles. The van der Waals surface area contributed by atoms with Crippen molar-refractivity contribution in [3.63, 3.8) is 0 Å². The Balaban J connectivity index is 2.78. The minimum atomic E-state index is 0.364. The molecule has 20 heavy (non-hydrogen) atoms. The molecule has 2 unspecified atom stereocenters. The van der Waals surface area contributed by atoms with E-state index in [-0.39, 0.29) is 0 Å². The molecule has 0 saturated heterocycles. The van der Waals surface area contributed by atoms with Crippen LogP contribution in [0.1, 0.15) is 38.8 Å². The Hall–Kier alpha value is -0.900. The Morgan fingerprint density at radius 2 is 1.85 bits per heavy atom. The first-order valence-electron chi connectivity index (χ1n) is 7.82. The monoisotopic (exact) mass is 278 g/mol. The third-order valence-corrected chi connectivity index (χ3v) is 3.87. The Morgan fingerprint density at radius 3 is 2.35 bits per heavy atom. The molecule has 1 aromatic carbocycles. The predicted octanol–water partition coefficient (Wildman–Crippen LogP) is 3.08. The smallest absolute Gasteiger partial charge is 0.0593 e. The average molecular weight is 278 g/mol. The van der Waals surface area contributed by atoms with Crippen molar-refractivity contribution in [1.82, 2.24) is 10.2 Å². The molecule has 0 amide bonds. The molecular weight excluding hydrogens is 248 g/mol. The van der Waals surface area contributed by atoms with Crippen LogP contribution in [0.4, 0.5) is 0 Å². The molecule has 3 heteroatoms. The fourth-order valence-corrected chi connectivity index (χ4v) is 2.83. The topological polar surface area (TPSA) is 24.5 Å². The van der Waals surface area contributed by atoms with Crippen LogP contribution in [0.5, 0.6) is 0 Å². The molecule has 0 bridgehead atoms. The number of rotatable bonds is 10. The maximum absolute atomic E-state index is 5.52. The van der Waals surface area contributed by atoms with E-state index < -0.39 is 0 Å². The lowest BCUT2D eigenvalue weighted by molar-refractivity contribution is 0.0844. The van der Waals surface area contributed by atoms with Crippen molar-refractivity contribution in [3.8, 4) is 0 Å². The molecule has 0 heterocycles. The molecule has 114 valence electrons. The fourth-order valence-electron chi connectivity index (χ4n) is 2.83. The van der Waals surface area contributed by atoms with Crippen LogP contribution in [-0.4, -0.2) is 44.3 Å². The summed E-state index contributed by atoms with van der Waals surface area (Å²) in [6, 6.07) is 11.6. The second-order valence-electron chi connectivity index (χ2n) is 4.98. The summed E-state index contributed by atoms with van der Waals surface area (Å²) in [4.78, 5) is 2.52. The fraction of sp³-hybridized carbons (Fsp3) is 0.647. The Labute approximate surface area is 124 Å². The van der Waals surface area contributed by atoms with Crippen molar-refractivity contribution in [2.75, 3.05) is 33.4 Å². The third-order valence-electron chi connectivity index (χ3n) is 3.87. The van der Waals surface area contributed by atoms with E-state index >= 15 is 0 Å². The molecule has 0 aliphatic carbocycles. The van der Waals surface area contributed by atoms with Gasteiger partial charge in [0.15, 0.2) is 0 Å². The molecule has 0 radical (unpaired) electrons. The molecule has 0 aromatic heterocycles. The summed E-state index contributed by atoms with van der Waals surface area (Å²) in [5, 5.41) is 3.49. The van der Waals surface area contributed by atoms with Crippen molar-refractivity contribution in [3.05, 3.63) is 35.9 Å². The van der Waals surface area contributed by atoms with Crippen LogP contribution < -0.4 is 5.32 Å². The maximum atomic E-state index is 5.52. The van der Waals surface area contributed by atoms with Gasteiger partial charge in [0.25, 0.3) is 0 Å². The van der Waals surface area contributed by atoms with E-state index in [9.17, 15) is 0 Å². The first kappa shape index (κ1) is 17.2. The third kappa shape index (κ3) is 4.89. The number of hydrogen-bond donors (Lipinski definition) is 1. The standard InChI is InChI=1S/C17H30N2O/c1-5-16(19(6-2)13-14-20-7-3)17(18-4)15-11-9-8-10-12-15/h8-12,16-18H,5-7,13-14H2,1-4H3. The molecule has 0 aliphatic rings. The molecule has 3 nitrogen and oxygen atoms in total. The Bertz CT molecular complexity index is 342. The number of nitrogens with zero attached hydrogens (tertiary/aromatic N) is 1. The van der Waals surface area contributed by atoms with Crippen molar-refractivity contribution >= 4 is 0 Å². The van der Waals surface area contributed by atoms with Crippen LogP contribution in [-0.2, 0) is 4.74 Å². The molecule has 0 saturated carbocycles. The van der Waals surface area contributed by atoms with E-state index in [1.54, 1.807) is 0 Å². The Kier molecular flexibility index (Phi) is 8.51. The van der Waals surface area contributed by atoms with Crippen LogP contribution in [0.2, 0.25) is 0 Å². The van der Waals surface area contributed by atoms with Crippen molar-refractivity contribution < 1.29 is 4.74 Å². The Morgan fingerprint density at radius 1 is 1.15 bits per heavy atom. The minimum absolute atomic E-state index is 0.364. The zero-order valence-electron chi connectivity index (χ0n) is 13.4. The van der Waals surface area contributed by atoms with Gasteiger partial charge in [0.1, 0.15) is 0 Å². The van der Waals surface area contributed by atoms with Crippen molar-refractivity contribution in [2.45, 2.75) is 39.3 Å². The van der Waals surface area contributed by atoms with Crippen molar-refractivity contribution in [1.29, 1.82) is 0 Å². The summed E-state index contributed by atoms with van der Waals surface area (Å²) >= 11 is 0. The molecular formula is C17H30N2O. The van der Waals surface area contributed by atoms with Gasteiger partial charge in [-0.15, -0.1) is 0 Å². The SMILES string of the molecule is CCOCCN(CC)C(CC)C(NC)c1ccccc1. The highest BCUT2D eigenvalue weighted by Gasteiger charge is 2.25. The summed E-state index contributed by atoms with van der Waals surface area (Å²) in [6.07, 6.45) is 1.13. The van der Waals surface area contributed by atoms with Crippen LogP contribution in [0.3, 0.4) is 0 Å². The minimum Gasteiger partial charge on any atom is -0.380 e. The number of hydrogen-bond acceptors (Lipinski definition) is 3. The van der Waals surface area contributed by atoms with Crippen LogP contribution >= 0.6 is 0 Å². The molecule has 0 spiro atoms. The number of likely N-dealkylation sites (N-methyl/N-ethyl adjacent to an activating group) is 2. The van der Waals surface area contributed by atoms with Gasteiger partial charge in [-0.3, -0.25) is 4.90 Å². The largest absolute Gasteiger partial charge is 0.380 e. The zero-order chi connectivity index (χ0) is 14.8. The highest BCUT2D eigenvalue weighted by atomic mass is 16.5. The highest BCUT2D eigenvalue weighted by molar-refractivity contribution is 5.20. The average Bonchev–Trinajstić information content (AvgIpc) is 2.51. The number of benzene rings is 1. The van der Waals surface area contributed by atoms with Gasteiger partial charge in [0, 0.05) is 25.2 Å². The van der Waals surface area contributed by atoms with E-state index in [4.69, 9.17) is 4.74 Å². The van der Waals surface area contributed by atoms with Gasteiger partial charge in [-0.05, 0) is 32.5 Å². The number of nitrogens with one attached hydrogen (secondary N) is 1. The van der Waals surface area contributed by atoms with Gasteiger partial charge in [-0.2, -0.15) is 0 Å². The van der Waals surface area contributed by atoms with Gasteiger partial charge in [-0.25, -0.2) is 0 Å². The van der Waals surface area contributed by atoms with Gasteiger partial charge in [0.2, 0.25) is 0 Å². The summed E-state index contributed by atoms with van der Waals surface area (Å²) < 4.78 is 5.52. The van der Waals surface area contributed by atoms with E-state index in [0.717, 1.165) is 32.7 Å². The van der Waals surface area contributed by atoms with Crippen LogP contribution in [0.25, 0.3) is 0 Å². The van der Waals surface area contributed by atoms with E-state index in [1.165, 1.54) is 5.56 Å². The lowest BCUT2D eigenvalue weighted by atomic mass is 9.96. The molecule has 1 aromatic rings. The van der Waals surface area contributed by atoms with E-state index in [2.05, 4.69) is 61.4 Å². The van der Waals surface area contributed by atoms with Gasteiger partial charge < -0.3 is 10.1 Å². The normalized spacial score (nSPS) is 14.4. The quantitative estimate of drug-likeness (QED) is 0.666. The summed E-state index contributed by atoms with van der Waals surface area (Å²) in [7, 11) is 2.05. The van der Waals surface area contributed by atoms with Gasteiger partial charge in [-0.1, -0.05) is 44.2 Å². The van der Waals surface area contributed by atoms with Gasteiger partial charge >= 0.3 is 0 Å². The second kappa shape index (κ2) is 9.92. The van der Waals surface area contributed by atoms with Crippen LogP contribution in [0.15, 0.2) is 30.3 Å². The summed E-state index contributed by atoms with van der Waals surface area (Å²) in [5.41, 5.74) is 1.36. The van der Waals surface area contributed by atoms with Crippen molar-refractivity contribution in [2.24, 2.45) is 0 Å². The van der Waals surface area contributed by atoms with Crippen LogP contribution in [0, 0.1) is 0 Å². The lowest BCUT2D eigenvalue weighted by Crippen LogP contribution is -2.45. The highest BCUT2D eigenvalue weighted by Crippen LogP contribution is 2.23. The second-order valence-corrected chi connectivity index (χ2v) is 4.98. The zero-order valence-corrected chi connectivity index (χ0v) is 13.4. The molecule has 0 fully saturated rings.